The molecule has 0 aliphatic carbocycles. The van der Waals surface area contributed by atoms with Gasteiger partial charge in [-0.2, -0.15) is 17.6 Å². The Morgan fingerprint density at radius 3 is 2.43 bits per heavy atom. The molecular formula is C20H19F4N3O3. The summed E-state index contributed by atoms with van der Waals surface area (Å²) in [5.41, 5.74) is 0.562. The maximum absolute atomic E-state index is 12.6. The monoisotopic (exact) mass is 425 g/mol. The normalized spacial score (nSPS) is 14.0. The molecule has 1 aromatic heterocycles. The molecule has 0 radical (unpaired) electrons. The number of hydrogen-bond donors (Lipinski definition) is 1. The largest absolute Gasteiger partial charge is 0.435 e. The van der Waals surface area contributed by atoms with Crippen LogP contribution in [0.5, 0.6) is 11.5 Å². The number of hydrogen-bond acceptors (Lipinski definition) is 5. The van der Waals surface area contributed by atoms with Crippen molar-refractivity contribution in [3.63, 3.8) is 0 Å². The van der Waals surface area contributed by atoms with Gasteiger partial charge >= 0.3 is 13.2 Å². The van der Waals surface area contributed by atoms with Crippen LogP contribution in [0, 0.1) is 0 Å². The Hall–Kier alpha value is -3.30. The highest BCUT2D eigenvalue weighted by Crippen LogP contribution is 2.28. The molecular weight excluding hydrogens is 406 g/mol. The Morgan fingerprint density at radius 2 is 1.80 bits per heavy atom. The summed E-state index contributed by atoms with van der Waals surface area (Å²) in [7, 11) is 0. The van der Waals surface area contributed by atoms with E-state index in [9.17, 15) is 22.4 Å². The first-order chi connectivity index (χ1) is 14.4. The van der Waals surface area contributed by atoms with Gasteiger partial charge in [-0.05, 0) is 43.2 Å². The second-order valence-corrected chi connectivity index (χ2v) is 6.38. The van der Waals surface area contributed by atoms with Gasteiger partial charge in [-0.25, -0.2) is 4.98 Å². The van der Waals surface area contributed by atoms with E-state index in [1.54, 1.807) is 12.1 Å². The zero-order valence-electron chi connectivity index (χ0n) is 15.7. The molecule has 0 atom stereocenters. The SMILES string of the molecule is O=C(C=Cc1ccc(OC(F)F)cc1OC(F)F)Nc1ccc(N2CCCC2)nc1. The van der Waals surface area contributed by atoms with Crippen molar-refractivity contribution in [2.75, 3.05) is 23.3 Å². The van der Waals surface area contributed by atoms with Gasteiger partial charge < -0.3 is 19.7 Å². The van der Waals surface area contributed by atoms with Gasteiger partial charge in [0.15, 0.2) is 0 Å². The van der Waals surface area contributed by atoms with Crippen LogP contribution in [0.4, 0.5) is 29.1 Å². The van der Waals surface area contributed by atoms with Crippen LogP contribution in [0.3, 0.4) is 0 Å². The van der Waals surface area contributed by atoms with Crippen LogP contribution in [-0.4, -0.2) is 37.2 Å². The number of amides is 1. The Balaban J connectivity index is 1.65. The minimum atomic E-state index is -3.17. The lowest BCUT2D eigenvalue weighted by molar-refractivity contribution is -0.111. The van der Waals surface area contributed by atoms with Gasteiger partial charge in [0, 0.05) is 30.8 Å². The lowest BCUT2D eigenvalue weighted by Gasteiger charge is -2.16. The van der Waals surface area contributed by atoms with Crippen LogP contribution in [-0.2, 0) is 4.79 Å². The third-order valence-electron chi connectivity index (χ3n) is 4.29. The Bertz CT molecular complexity index is 885. The van der Waals surface area contributed by atoms with Crippen LogP contribution in [0.1, 0.15) is 18.4 Å². The Labute approximate surface area is 170 Å². The Morgan fingerprint density at radius 1 is 1.07 bits per heavy atom. The third kappa shape index (κ3) is 6.10. The molecule has 6 nitrogen and oxygen atoms in total. The molecule has 0 bridgehead atoms. The van der Waals surface area contributed by atoms with Crippen LogP contribution >= 0.6 is 0 Å². The average Bonchev–Trinajstić information content (AvgIpc) is 3.22. The molecule has 10 heteroatoms. The topological polar surface area (TPSA) is 63.7 Å². The van der Waals surface area contributed by atoms with E-state index in [4.69, 9.17) is 0 Å². The summed E-state index contributed by atoms with van der Waals surface area (Å²) < 4.78 is 58.3. The number of carbonyl (C=O) groups excluding carboxylic acids is 1. The van der Waals surface area contributed by atoms with E-state index < -0.39 is 24.9 Å². The van der Waals surface area contributed by atoms with Crippen molar-refractivity contribution >= 4 is 23.5 Å². The molecule has 1 aliphatic heterocycles. The molecule has 0 saturated carbocycles. The smallest absolute Gasteiger partial charge is 0.387 e. The number of halogens is 4. The summed E-state index contributed by atoms with van der Waals surface area (Å²) in [5.74, 6) is -0.433. The van der Waals surface area contributed by atoms with E-state index in [-0.39, 0.29) is 11.3 Å². The van der Waals surface area contributed by atoms with Gasteiger partial charge in [0.1, 0.15) is 17.3 Å². The standard InChI is InChI=1S/C20H19F4N3O3/c21-19(22)29-15-6-3-13(16(11-15)30-20(23)24)4-8-18(28)26-14-5-7-17(25-12-14)27-9-1-2-10-27/h3-8,11-12,19-20H,1-2,9-10H2,(H,26,28). The number of benzene rings is 1. The van der Waals surface area contributed by atoms with Gasteiger partial charge in [0.25, 0.3) is 0 Å². The van der Waals surface area contributed by atoms with E-state index in [0.717, 1.165) is 50.0 Å². The highest BCUT2D eigenvalue weighted by Gasteiger charge is 2.14. The first kappa shape index (κ1) is 21.4. The zero-order valence-corrected chi connectivity index (χ0v) is 15.7. The van der Waals surface area contributed by atoms with Gasteiger partial charge in [0.2, 0.25) is 5.91 Å². The number of nitrogens with zero attached hydrogens (tertiary/aromatic N) is 2. The number of rotatable bonds is 8. The molecule has 3 rings (SSSR count). The number of nitrogens with one attached hydrogen (secondary N) is 1. The molecule has 1 N–H and O–H groups in total. The molecule has 1 saturated heterocycles. The van der Waals surface area contributed by atoms with Crippen molar-refractivity contribution in [2.45, 2.75) is 26.1 Å². The van der Waals surface area contributed by atoms with Crippen LogP contribution in [0.15, 0.2) is 42.6 Å². The first-order valence-electron chi connectivity index (χ1n) is 9.14. The predicted octanol–water partition coefficient (Wildman–Crippen LogP) is 4.54. The molecule has 2 aromatic rings. The average molecular weight is 425 g/mol. The number of alkyl halides is 4. The maximum Gasteiger partial charge on any atom is 0.387 e. The predicted molar refractivity (Wildman–Crippen MR) is 103 cm³/mol. The summed E-state index contributed by atoms with van der Waals surface area (Å²) >= 11 is 0. The molecule has 2 heterocycles. The highest BCUT2D eigenvalue weighted by molar-refractivity contribution is 6.02. The van der Waals surface area contributed by atoms with Crippen LogP contribution < -0.4 is 19.7 Å². The molecule has 160 valence electrons. The summed E-state index contributed by atoms with van der Waals surface area (Å²) in [6.45, 7) is -4.38. The van der Waals surface area contributed by atoms with E-state index >= 15 is 0 Å². The summed E-state index contributed by atoms with van der Waals surface area (Å²) in [5, 5.41) is 2.61. The highest BCUT2D eigenvalue weighted by atomic mass is 19.3. The van der Waals surface area contributed by atoms with Crippen molar-refractivity contribution in [3.05, 3.63) is 48.2 Å². The van der Waals surface area contributed by atoms with Gasteiger partial charge in [-0.3, -0.25) is 4.79 Å². The van der Waals surface area contributed by atoms with Gasteiger partial charge in [0.05, 0.1) is 11.9 Å². The van der Waals surface area contributed by atoms with E-state index in [2.05, 4.69) is 24.7 Å². The van der Waals surface area contributed by atoms with Crippen molar-refractivity contribution in [3.8, 4) is 11.5 Å². The fourth-order valence-electron chi connectivity index (χ4n) is 2.97. The number of pyridine rings is 1. The number of ether oxygens (including phenoxy) is 2. The Kier molecular flexibility index (Phi) is 7.10. The number of aromatic nitrogens is 1. The fourth-order valence-corrected chi connectivity index (χ4v) is 2.97. The molecule has 0 unspecified atom stereocenters. The minimum absolute atomic E-state index is 0.0922. The lowest BCUT2D eigenvalue weighted by atomic mass is 10.1. The number of carbonyl (C=O) groups is 1. The van der Waals surface area contributed by atoms with Crippen LogP contribution in [0.2, 0.25) is 0 Å². The second kappa shape index (κ2) is 9.95. The third-order valence-corrected chi connectivity index (χ3v) is 4.29. The second-order valence-electron chi connectivity index (χ2n) is 6.38. The summed E-state index contributed by atoms with van der Waals surface area (Å²) in [6.07, 6.45) is 6.11. The molecule has 1 aromatic carbocycles. The maximum atomic E-state index is 12.6. The van der Waals surface area contributed by atoms with E-state index in [1.807, 2.05) is 0 Å². The van der Waals surface area contributed by atoms with Crippen molar-refractivity contribution < 1.29 is 31.8 Å². The van der Waals surface area contributed by atoms with Crippen molar-refractivity contribution in [1.82, 2.24) is 4.98 Å². The van der Waals surface area contributed by atoms with Crippen LogP contribution in [0.25, 0.3) is 6.08 Å². The molecule has 1 amide bonds. The van der Waals surface area contributed by atoms with Crippen molar-refractivity contribution in [2.24, 2.45) is 0 Å². The van der Waals surface area contributed by atoms with Gasteiger partial charge in [-0.1, -0.05) is 0 Å². The minimum Gasteiger partial charge on any atom is -0.435 e. The molecule has 1 fully saturated rings. The molecule has 30 heavy (non-hydrogen) atoms. The molecule has 0 spiro atoms. The van der Waals surface area contributed by atoms with E-state index in [0.29, 0.717) is 5.69 Å². The van der Waals surface area contributed by atoms with E-state index in [1.165, 1.54) is 18.3 Å². The summed E-state index contributed by atoms with van der Waals surface area (Å²) in [6, 6.07) is 6.81. The quantitative estimate of drug-likeness (QED) is 0.497. The fraction of sp³-hybridized carbons (Fsp3) is 0.300. The first-order valence-corrected chi connectivity index (χ1v) is 9.14. The summed E-state index contributed by atoms with van der Waals surface area (Å²) in [4.78, 5) is 18.6. The zero-order chi connectivity index (χ0) is 21.5. The lowest BCUT2D eigenvalue weighted by Crippen LogP contribution is -2.19. The molecule has 1 aliphatic rings. The van der Waals surface area contributed by atoms with Gasteiger partial charge in [-0.15, -0.1) is 0 Å². The van der Waals surface area contributed by atoms with Crippen molar-refractivity contribution in [1.29, 1.82) is 0 Å². The number of anilines is 2.